The number of ketones is 2. The minimum atomic E-state index is -0.349. The molecule has 0 radical (unpaired) electrons. The van der Waals surface area contributed by atoms with E-state index < -0.39 is 0 Å². The van der Waals surface area contributed by atoms with Crippen LogP contribution in [0.3, 0.4) is 0 Å². The van der Waals surface area contributed by atoms with Crippen LogP contribution in [-0.4, -0.2) is 25.8 Å². The fourth-order valence-corrected chi connectivity index (χ4v) is 2.25. The molecule has 0 spiro atoms. The molecule has 128 valence electrons. The van der Waals surface area contributed by atoms with E-state index in [0.717, 1.165) is 11.1 Å². The SMILES string of the molecule is COc1cccc(C=C(C(C)=O)C(=O)/C=C/c2cccc(OC)c2)c1. The van der Waals surface area contributed by atoms with Gasteiger partial charge in [-0.1, -0.05) is 30.3 Å². The number of rotatable bonds is 7. The minimum Gasteiger partial charge on any atom is -0.497 e. The second-order valence-electron chi connectivity index (χ2n) is 5.37. The molecule has 0 aliphatic heterocycles. The van der Waals surface area contributed by atoms with Crippen molar-refractivity contribution >= 4 is 23.7 Å². The molecule has 0 aromatic heterocycles. The van der Waals surface area contributed by atoms with E-state index in [0.29, 0.717) is 11.5 Å². The van der Waals surface area contributed by atoms with Crippen LogP contribution in [0, 0.1) is 0 Å². The molecule has 0 fully saturated rings. The quantitative estimate of drug-likeness (QED) is 0.436. The van der Waals surface area contributed by atoms with Gasteiger partial charge in [0.2, 0.25) is 0 Å². The van der Waals surface area contributed by atoms with Crippen molar-refractivity contribution in [3.05, 3.63) is 71.3 Å². The van der Waals surface area contributed by atoms with Crippen molar-refractivity contribution in [1.29, 1.82) is 0 Å². The van der Waals surface area contributed by atoms with Gasteiger partial charge in [0.25, 0.3) is 0 Å². The van der Waals surface area contributed by atoms with Crippen molar-refractivity contribution in [2.45, 2.75) is 6.92 Å². The molecular formula is C21H20O4. The number of Topliss-reactive ketones (excluding diaryl/α,β-unsaturated/α-hetero) is 1. The van der Waals surface area contributed by atoms with E-state index in [1.807, 2.05) is 30.3 Å². The zero-order valence-corrected chi connectivity index (χ0v) is 14.5. The Labute approximate surface area is 147 Å². The van der Waals surface area contributed by atoms with Gasteiger partial charge in [-0.25, -0.2) is 0 Å². The molecular weight excluding hydrogens is 316 g/mol. The van der Waals surface area contributed by atoms with Crippen molar-refractivity contribution < 1.29 is 19.1 Å². The predicted molar refractivity (Wildman–Crippen MR) is 98.7 cm³/mol. The molecule has 2 aromatic carbocycles. The number of ether oxygens (including phenoxy) is 2. The molecule has 0 heterocycles. The van der Waals surface area contributed by atoms with E-state index >= 15 is 0 Å². The van der Waals surface area contributed by atoms with E-state index in [2.05, 4.69) is 0 Å². The van der Waals surface area contributed by atoms with Gasteiger partial charge in [0.05, 0.1) is 19.8 Å². The maximum Gasteiger partial charge on any atom is 0.189 e. The average Bonchev–Trinajstić information content (AvgIpc) is 2.64. The molecule has 2 aromatic rings. The van der Waals surface area contributed by atoms with Crippen LogP contribution in [-0.2, 0) is 9.59 Å². The first-order valence-electron chi connectivity index (χ1n) is 7.76. The molecule has 0 aliphatic carbocycles. The summed E-state index contributed by atoms with van der Waals surface area (Å²) in [5, 5.41) is 0. The second kappa shape index (κ2) is 8.64. The molecule has 0 bridgehead atoms. The van der Waals surface area contributed by atoms with Crippen molar-refractivity contribution in [1.82, 2.24) is 0 Å². The fraction of sp³-hybridized carbons (Fsp3) is 0.143. The zero-order valence-electron chi connectivity index (χ0n) is 14.5. The first kappa shape index (κ1) is 18.2. The van der Waals surface area contributed by atoms with E-state index in [9.17, 15) is 9.59 Å². The molecule has 2 rings (SSSR count). The normalized spacial score (nSPS) is 11.4. The Morgan fingerprint density at radius 2 is 1.44 bits per heavy atom. The second-order valence-corrected chi connectivity index (χ2v) is 5.37. The summed E-state index contributed by atoms with van der Waals surface area (Å²) >= 11 is 0. The molecule has 0 unspecified atom stereocenters. The molecule has 0 saturated heterocycles. The van der Waals surface area contributed by atoms with Crippen LogP contribution < -0.4 is 9.47 Å². The van der Waals surface area contributed by atoms with Gasteiger partial charge in [0, 0.05) is 0 Å². The third-order valence-electron chi connectivity index (χ3n) is 3.57. The lowest BCUT2D eigenvalue weighted by atomic mass is 10.0. The minimum absolute atomic E-state index is 0.118. The average molecular weight is 336 g/mol. The lowest BCUT2D eigenvalue weighted by molar-refractivity contribution is -0.118. The van der Waals surface area contributed by atoms with E-state index in [4.69, 9.17) is 9.47 Å². The zero-order chi connectivity index (χ0) is 18.2. The molecule has 4 heteroatoms. The smallest absolute Gasteiger partial charge is 0.189 e. The first-order valence-corrected chi connectivity index (χ1v) is 7.76. The van der Waals surface area contributed by atoms with Crippen LogP contribution in [0.5, 0.6) is 11.5 Å². The van der Waals surface area contributed by atoms with Crippen LogP contribution in [0.25, 0.3) is 12.2 Å². The highest BCUT2D eigenvalue weighted by molar-refractivity contribution is 6.27. The number of carbonyl (C=O) groups excluding carboxylic acids is 2. The summed E-state index contributed by atoms with van der Waals surface area (Å²) in [4.78, 5) is 24.3. The number of methoxy groups -OCH3 is 2. The number of hydrogen-bond acceptors (Lipinski definition) is 4. The van der Waals surface area contributed by atoms with Crippen LogP contribution >= 0.6 is 0 Å². The first-order chi connectivity index (χ1) is 12.0. The Morgan fingerprint density at radius 1 is 0.880 bits per heavy atom. The van der Waals surface area contributed by atoms with Crippen molar-refractivity contribution in [2.75, 3.05) is 14.2 Å². The van der Waals surface area contributed by atoms with Gasteiger partial charge in [0.15, 0.2) is 11.6 Å². The lowest BCUT2D eigenvalue weighted by Gasteiger charge is -2.03. The molecule has 0 amide bonds. The van der Waals surface area contributed by atoms with Crippen LogP contribution in [0.2, 0.25) is 0 Å². The lowest BCUT2D eigenvalue weighted by Crippen LogP contribution is -2.07. The molecule has 0 aliphatic rings. The van der Waals surface area contributed by atoms with Crippen molar-refractivity contribution in [3.8, 4) is 11.5 Å². The van der Waals surface area contributed by atoms with Crippen LogP contribution in [0.15, 0.2) is 60.2 Å². The van der Waals surface area contributed by atoms with Gasteiger partial charge in [-0.3, -0.25) is 9.59 Å². The number of benzene rings is 2. The number of carbonyl (C=O) groups is 2. The van der Waals surface area contributed by atoms with Crippen molar-refractivity contribution in [3.63, 3.8) is 0 Å². The third kappa shape index (κ3) is 5.18. The van der Waals surface area contributed by atoms with Crippen LogP contribution in [0.1, 0.15) is 18.1 Å². The standard InChI is InChI=1S/C21H20O4/c1-15(22)20(14-17-7-5-9-19(13-17)25-3)21(23)11-10-16-6-4-8-18(12-16)24-2/h4-14H,1-3H3/b11-10+,20-14?. The summed E-state index contributed by atoms with van der Waals surface area (Å²) in [6.45, 7) is 1.38. The van der Waals surface area contributed by atoms with Gasteiger partial charge < -0.3 is 9.47 Å². The number of hydrogen-bond donors (Lipinski definition) is 0. The maximum absolute atomic E-state index is 12.4. The van der Waals surface area contributed by atoms with E-state index in [-0.39, 0.29) is 17.1 Å². The molecule has 0 N–H and O–H groups in total. The Hall–Kier alpha value is -3.14. The van der Waals surface area contributed by atoms with E-state index in [1.165, 1.54) is 13.0 Å². The highest BCUT2D eigenvalue weighted by Gasteiger charge is 2.12. The molecule has 0 saturated carbocycles. The van der Waals surface area contributed by atoms with E-state index in [1.54, 1.807) is 44.6 Å². The predicted octanol–water partition coefficient (Wildman–Crippen LogP) is 3.96. The molecule has 4 nitrogen and oxygen atoms in total. The van der Waals surface area contributed by atoms with Gasteiger partial charge >= 0.3 is 0 Å². The summed E-state index contributed by atoms with van der Waals surface area (Å²) < 4.78 is 10.3. The van der Waals surface area contributed by atoms with Crippen LogP contribution in [0.4, 0.5) is 0 Å². The highest BCUT2D eigenvalue weighted by atomic mass is 16.5. The number of allylic oxidation sites excluding steroid dienone is 2. The third-order valence-corrected chi connectivity index (χ3v) is 3.57. The van der Waals surface area contributed by atoms with Gasteiger partial charge in [-0.05, 0) is 54.5 Å². The highest BCUT2D eigenvalue weighted by Crippen LogP contribution is 2.17. The topological polar surface area (TPSA) is 52.6 Å². The summed E-state index contributed by atoms with van der Waals surface area (Å²) in [5.74, 6) is 0.727. The van der Waals surface area contributed by atoms with Gasteiger partial charge in [0.1, 0.15) is 11.5 Å². The fourth-order valence-electron chi connectivity index (χ4n) is 2.25. The molecule has 25 heavy (non-hydrogen) atoms. The Morgan fingerprint density at radius 3 is 2.00 bits per heavy atom. The Bertz CT molecular complexity index is 831. The van der Waals surface area contributed by atoms with Gasteiger partial charge in [-0.2, -0.15) is 0 Å². The van der Waals surface area contributed by atoms with Gasteiger partial charge in [-0.15, -0.1) is 0 Å². The summed E-state index contributed by atoms with van der Waals surface area (Å²) in [5.41, 5.74) is 1.66. The monoisotopic (exact) mass is 336 g/mol. The Balaban J connectivity index is 2.26. The summed E-state index contributed by atoms with van der Waals surface area (Å²) in [7, 11) is 3.15. The van der Waals surface area contributed by atoms with Crippen molar-refractivity contribution in [2.24, 2.45) is 0 Å². The molecule has 0 atom stereocenters. The summed E-state index contributed by atoms with van der Waals surface area (Å²) in [6.07, 6.45) is 4.62. The largest absolute Gasteiger partial charge is 0.497 e. The Kier molecular flexibility index (Phi) is 6.29. The maximum atomic E-state index is 12.4. The summed E-state index contributed by atoms with van der Waals surface area (Å²) in [6, 6.07) is 14.5.